The molecule has 2 aromatic carbocycles. The zero-order valence-electron chi connectivity index (χ0n) is 26.8. The van der Waals surface area contributed by atoms with Gasteiger partial charge < -0.3 is 15.5 Å². The molecule has 248 valence electrons. The zero-order chi connectivity index (χ0) is 32.0. The molecule has 1 aliphatic heterocycles. The summed E-state index contributed by atoms with van der Waals surface area (Å²) in [5.74, 6) is -0.642. The summed E-state index contributed by atoms with van der Waals surface area (Å²) in [6.07, 6.45) is 3.85. The summed E-state index contributed by atoms with van der Waals surface area (Å²) in [7, 11) is 0. The van der Waals surface area contributed by atoms with Gasteiger partial charge in [0.05, 0.1) is 12.2 Å². The summed E-state index contributed by atoms with van der Waals surface area (Å²) in [5.41, 5.74) is 3.91. The molecule has 3 N–H and O–H groups in total. The third-order valence-corrected chi connectivity index (χ3v) is 9.06. The summed E-state index contributed by atoms with van der Waals surface area (Å²) < 4.78 is 0. The number of benzene rings is 2. The van der Waals surface area contributed by atoms with Crippen LogP contribution in [0.4, 0.5) is 0 Å². The van der Waals surface area contributed by atoms with E-state index >= 15 is 0 Å². The molecule has 5 atom stereocenters. The maximum absolute atomic E-state index is 13.9. The number of carbonyl (C=O) groups is 2. The minimum absolute atomic E-state index is 0. The molecule has 1 saturated heterocycles. The number of ketones is 1. The van der Waals surface area contributed by atoms with E-state index < -0.39 is 24.2 Å². The number of fused-ring (bicyclic) bond motifs is 1. The third-order valence-electron chi connectivity index (χ3n) is 9.06. The Morgan fingerprint density at radius 1 is 1.00 bits per heavy atom. The first-order valence-corrected chi connectivity index (χ1v) is 16.2. The molecule has 5 rings (SSSR count). The summed E-state index contributed by atoms with van der Waals surface area (Å²) in [6, 6.07) is 21.4. The van der Waals surface area contributed by atoms with Crippen molar-refractivity contribution in [1.82, 2.24) is 20.1 Å². The van der Waals surface area contributed by atoms with Gasteiger partial charge in [0.15, 0.2) is 0 Å². The first kappa shape index (κ1) is 35.4. The molecular formula is C38H52N4O4. The molecule has 0 saturated carbocycles. The molecule has 46 heavy (non-hydrogen) atoms. The van der Waals surface area contributed by atoms with Crippen LogP contribution in [-0.2, 0) is 29.0 Å². The summed E-state index contributed by atoms with van der Waals surface area (Å²) in [5, 5.41) is 25.5. The molecular weight excluding hydrogens is 576 g/mol. The highest BCUT2D eigenvalue weighted by Gasteiger charge is 2.37. The number of β-amino-alcohol motifs (C(OH)–C–C–N with tert-alkyl or cyclic N) is 1. The van der Waals surface area contributed by atoms with Gasteiger partial charge in [0.25, 0.3) is 0 Å². The van der Waals surface area contributed by atoms with Gasteiger partial charge in [0.1, 0.15) is 11.8 Å². The zero-order valence-corrected chi connectivity index (χ0v) is 26.8. The van der Waals surface area contributed by atoms with Gasteiger partial charge >= 0.3 is 0 Å². The Hall–Kier alpha value is -3.43. The molecule has 1 aromatic heterocycles. The summed E-state index contributed by atoms with van der Waals surface area (Å²) in [4.78, 5) is 36.0. The number of piperazine rings is 1. The van der Waals surface area contributed by atoms with E-state index in [9.17, 15) is 19.8 Å². The number of amides is 1. The highest BCUT2D eigenvalue weighted by atomic mass is 16.3. The van der Waals surface area contributed by atoms with Crippen molar-refractivity contribution in [2.45, 2.75) is 90.1 Å². The lowest BCUT2D eigenvalue weighted by Crippen LogP contribution is -2.61. The number of aromatic nitrogens is 1. The lowest BCUT2D eigenvalue weighted by molar-refractivity contribution is -0.132. The van der Waals surface area contributed by atoms with E-state index in [4.69, 9.17) is 0 Å². The van der Waals surface area contributed by atoms with E-state index in [1.165, 1.54) is 0 Å². The Morgan fingerprint density at radius 3 is 2.43 bits per heavy atom. The number of Topliss-reactive ketones (excluding diaryl/α,β-unsaturated/α-hetero) is 1. The lowest BCUT2D eigenvalue weighted by Gasteiger charge is -2.42. The van der Waals surface area contributed by atoms with Crippen LogP contribution in [0.15, 0.2) is 79.1 Å². The Balaban J connectivity index is 0.00000480. The van der Waals surface area contributed by atoms with Crippen LogP contribution in [0.1, 0.15) is 69.2 Å². The predicted octanol–water partition coefficient (Wildman–Crippen LogP) is 4.39. The number of aliphatic hydroxyl groups is 2. The molecule has 2 aliphatic rings. The van der Waals surface area contributed by atoms with Crippen LogP contribution >= 0.6 is 0 Å². The van der Waals surface area contributed by atoms with Crippen molar-refractivity contribution in [2.75, 3.05) is 26.2 Å². The van der Waals surface area contributed by atoms with Gasteiger partial charge in [-0.05, 0) is 68.4 Å². The van der Waals surface area contributed by atoms with Crippen LogP contribution in [-0.4, -0.2) is 86.7 Å². The molecule has 0 bridgehead atoms. The molecule has 2 heterocycles. The van der Waals surface area contributed by atoms with E-state index in [0.717, 1.165) is 28.8 Å². The van der Waals surface area contributed by atoms with Crippen molar-refractivity contribution in [3.63, 3.8) is 0 Å². The number of nitrogens with one attached hydrogen (secondary N) is 1. The fraction of sp³-hybridized carbons (Fsp3) is 0.500. The van der Waals surface area contributed by atoms with Gasteiger partial charge in [-0.3, -0.25) is 24.4 Å². The topological polar surface area (TPSA) is 106 Å². The minimum Gasteiger partial charge on any atom is -0.392 e. The minimum atomic E-state index is -0.793. The average molecular weight is 629 g/mol. The standard InChI is InChI=1S/C37H48N4O4.CH4/c1-37(2,3)39-36(45)33-25-40(23-27-12-9-15-38-22-27)16-17-41(33)24-30(42)19-29(18-26-10-5-4-6-11-26)34(43)21-32-31-14-8-7-13-28(31)20-35(32)44;/h4-15,22,29-30,32-33,35,42,44H,16-21,23-25H2,1-3H3,(H,39,45);1H4/t29-,30+,32?,33?,35-;/m1./s1. The fourth-order valence-corrected chi connectivity index (χ4v) is 6.88. The van der Waals surface area contributed by atoms with Gasteiger partial charge in [-0.25, -0.2) is 0 Å². The monoisotopic (exact) mass is 628 g/mol. The Bertz CT molecular complexity index is 1410. The fourth-order valence-electron chi connectivity index (χ4n) is 6.88. The maximum atomic E-state index is 13.9. The van der Waals surface area contributed by atoms with Crippen molar-refractivity contribution >= 4 is 11.7 Å². The second-order valence-corrected chi connectivity index (χ2v) is 13.9. The molecule has 1 amide bonds. The third kappa shape index (κ3) is 9.55. The first-order chi connectivity index (χ1) is 21.6. The van der Waals surface area contributed by atoms with Crippen molar-refractivity contribution < 1.29 is 19.8 Å². The highest BCUT2D eigenvalue weighted by Crippen LogP contribution is 2.37. The van der Waals surface area contributed by atoms with Gasteiger partial charge in [0.2, 0.25) is 5.91 Å². The first-order valence-electron chi connectivity index (χ1n) is 16.2. The normalized spacial score (nSPS) is 21.5. The van der Waals surface area contributed by atoms with E-state index in [0.29, 0.717) is 45.4 Å². The SMILES string of the molecule is C.CC(C)(C)NC(=O)C1CN(Cc2cccnc2)CCN1C[C@@H](O)C[C@@H](Cc1ccccc1)C(=O)CC1c2ccccc2C[C@H]1O. The molecule has 8 heteroatoms. The number of rotatable bonds is 12. The average Bonchev–Trinajstić information content (AvgIpc) is 3.32. The number of nitrogens with zero attached hydrogens (tertiary/aromatic N) is 3. The van der Waals surface area contributed by atoms with Gasteiger partial charge in [0, 0.05) is 68.9 Å². The number of pyridine rings is 1. The second kappa shape index (κ2) is 15.9. The smallest absolute Gasteiger partial charge is 0.239 e. The van der Waals surface area contributed by atoms with Gasteiger partial charge in [-0.2, -0.15) is 0 Å². The van der Waals surface area contributed by atoms with Gasteiger partial charge in [-0.1, -0.05) is 68.1 Å². The van der Waals surface area contributed by atoms with Crippen LogP contribution in [0.5, 0.6) is 0 Å². The van der Waals surface area contributed by atoms with E-state index in [2.05, 4.69) is 20.1 Å². The van der Waals surface area contributed by atoms with Crippen molar-refractivity contribution in [3.05, 3.63) is 101 Å². The van der Waals surface area contributed by atoms with Crippen LogP contribution in [0.3, 0.4) is 0 Å². The Labute approximate surface area is 274 Å². The number of hydrogen-bond donors (Lipinski definition) is 3. The quantitative estimate of drug-likeness (QED) is 0.273. The number of aliphatic hydroxyl groups excluding tert-OH is 2. The molecule has 3 aromatic rings. The van der Waals surface area contributed by atoms with E-state index in [-0.39, 0.29) is 37.0 Å². The molecule has 8 nitrogen and oxygen atoms in total. The maximum Gasteiger partial charge on any atom is 0.239 e. The van der Waals surface area contributed by atoms with Gasteiger partial charge in [-0.15, -0.1) is 0 Å². The Kier molecular flexibility index (Phi) is 12.3. The molecule has 2 unspecified atom stereocenters. The van der Waals surface area contributed by atoms with Crippen LogP contribution in [0.25, 0.3) is 0 Å². The van der Waals surface area contributed by atoms with E-state index in [1.54, 1.807) is 6.20 Å². The van der Waals surface area contributed by atoms with Crippen molar-refractivity contribution in [3.8, 4) is 0 Å². The molecule has 0 radical (unpaired) electrons. The Morgan fingerprint density at radius 2 is 1.72 bits per heavy atom. The second-order valence-electron chi connectivity index (χ2n) is 13.9. The van der Waals surface area contributed by atoms with Crippen LogP contribution < -0.4 is 5.32 Å². The van der Waals surface area contributed by atoms with Crippen molar-refractivity contribution in [1.29, 1.82) is 0 Å². The predicted molar refractivity (Wildman–Crippen MR) is 182 cm³/mol. The molecule has 1 fully saturated rings. The molecule has 1 aliphatic carbocycles. The number of hydrogen-bond acceptors (Lipinski definition) is 7. The largest absolute Gasteiger partial charge is 0.392 e. The van der Waals surface area contributed by atoms with Crippen LogP contribution in [0.2, 0.25) is 0 Å². The van der Waals surface area contributed by atoms with Crippen molar-refractivity contribution in [2.24, 2.45) is 5.92 Å². The summed E-state index contributed by atoms with van der Waals surface area (Å²) in [6.45, 7) is 8.84. The lowest BCUT2D eigenvalue weighted by atomic mass is 9.83. The van der Waals surface area contributed by atoms with E-state index in [1.807, 2.05) is 93.7 Å². The molecule has 0 spiro atoms. The summed E-state index contributed by atoms with van der Waals surface area (Å²) >= 11 is 0. The highest BCUT2D eigenvalue weighted by molar-refractivity contribution is 5.83. The van der Waals surface area contributed by atoms with Crippen LogP contribution in [0, 0.1) is 5.92 Å². The number of carbonyl (C=O) groups excluding carboxylic acids is 2.